The van der Waals surface area contributed by atoms with Gasteiger partial charge in [-0.15, -0.1) is 10.2 Å². The van der Waals surface area contributed by atoms with Gasteiger partial charge in [-0.2, -0.15) is 0 Å². The molecule has 0 amide bonds. The Morgan fingerprint density at radius 3 is 2.14 bits per heavy atom. The van der Waals surface area contributed by atoms with Gasteiger partial charge in [0.05, 0.1) is 11.4 Å². The fraction of sp³-hybridized carbons (Fsp3) is 0.0435. The van der Waals surface area contributed by atoms with Gasteiger partial charge in [0, 0.05) is 15.4 Å². The lowest BCUT2D eigenvalue weighted by molar-refractivity contribution is 0.532. The zero-order valence-corrected chi connectivity index (χ0v) is 17.3. The average molecular weight is 446 g/mol. The largest absolute Gasteiger partial charge is 0.305 e. The van der Waals surface area contributed by atoms with Gasteiger partial charge in [0.25, 0.3) is 0 Å². The van der Waals surface area contributed by atoms with Gasteiger partial charge in [-0.05, 0) is 23.3 Å². The Kier molecular flexibility index (Phi) is 4.63. The summed E-state index contributed by atoms with van der Waals surface area (Å²) in [6.45, 7) is 0. The molecule has 3 aromatic rings. The Hall–Kier alpha value is -2.63. The van der Waals surface area contributed by atoms with E-state index in [1.807, 2.05) is 24.3 Å². The van der Waals surface area contributed by atoms with Crippen molar-refractivity contribution in [2.45, 2.75) is 6.04 Å². The van der Waals surface area contributed by atoms with Gasteiger partial charge in [0.2, 0.25) is 0 Å². The third-order valence-electron chi connectivity index (χ3n) is 4.83. The van der Waals surface area contributed by atoms with Gasteiger partial charge >= 0.3 is 0 Å². The number of thioether (sulfide) groups is 1. The van der Waals surface area contributed by atoms with E-state index in [1.165, 1.54) is 5.56 Å². The molecular weight excluding hydrogens is 430 g/mol. The summed E-state index contributed by atoms with van der Waals surface area (Å²) in [5.74, 6) is 0. The highest BCUT2D eigenvalue weighted by atomic mass is 79.9. The first kappa shape index (κ1) is 17.5. The van der Waals surface area contributed by atoms with E-state index in [2.05, 4.69) is 97.1 Å². The van der Waals surface area contributed by atoms with Gasteiger partial charge in [0.1, 0.15) is 6.04 Å². The number of hydrogen-bond acceptors (Lipinski definition) is 4. The van der Waals surface area contributed by atoms with Crippen LogP contribution in [0.25, 0.3) is 5.70 Å². The molecule has 0 spiro atoms. The SMILES string of the molecule is Brc1ccc(C2=CSC3=NN=C(c4ccccc4)[C@@H](c4ccccc4)N23)cc1. The van der Waals surface area contributed by atoms with E-state index >= 15 is 0 Å². The van der Waals surface area contributed by atoms with Crippen molar-refractivity contribution in [3.05, 3.63) is 112 Å². The second-order valence-electron chi connectivity index (χ2n) is 6.54. The zero-order chi connectivity index (χ0) is 18.9. The standard InChI is InChI=1S/C23H16BrN3S/c24-19-13-11-16(12-14-19)20-15-28-23-26-25-21(17-7-3-1-4-8-17)22(27(20)23)18-9-5-2-6-10-18/h1-15,22H/t22-/m1/s1. The van der Waals surface area contributed by atoms with Crippen LogP contribution in [-0.2, 0) is 0 Å². The van der Waals surface area contributed by atoms with E-state index < -0.39 is 0 Å². The molecule has 3 aromatic carbocycles. The molecule has 0 N–H and O–H groups in total. The summed E-state index contributed by atoms with van der Waals surface area (Å²) in [6.07, 6.45) is 0. The number of fused-ring (bicyclic) bond motifs is 1. The van der Waals surface area contributed by atoms with Crippen LogP contribution in [0.2, 0.25) is 0 Å². The van der Waals surface area contributed by atoms with E-state index in [4.69, 9.17) is 0 Å². The molecule has 0 radical (unpaired) electrons. The molecule has 5 rings (SSSR count). The highest BCUT2D eigenvalue weighted by Crippen LogP contribution is 2.43. The third-order valence-corrected chi connectivity index (χ3v) is 6.19. The van der Waals surface area contributed by atoms with Crippen LogP contribution >= 0.6 is 27.7 Å². The summed E-state index contributed by atoms with van der Waals surface area (Å²) >= 11 is 5.15. The van der Waals surface area contributed by atoms with Crippen molar-refractivity contribution in [2.24, 2.45) is 10.2 Å². The summed E-state index contributed by atoms with van der Waals surface area (Å²) in [5, 5.41) is 12.3. The first-order chi connectivity index (χ1) is 13.8. The molecule has 3 nitrogen and oxygen atoms in total. The molecule has 5 heteroatoms. The minimum Gasteiger partial charge on any atom is -0.305 e. The summed E-state index contributed by atoms with van der Waals surface area (Å²) in [5.41, 5.74) is 5.56. The molecular formula is C23H16BrN3S. The molecule has 2 heterocycles. The Bertz CT molecular complexity index is 1090. The maximum Gasteiger partial charge on any atom is 0.195 e. The first-order valence-corrected chi connectivity index (χ1v) is 10.7. The average Bonchev–Trinajstić information content (AvgIpc) is 3.19. The minimum atomic E-state index is -0.0269. The monoisotopic (exact) mass is 445 g/mol. The topological polar surface area (TPSA) is 28.0 Å². The number of benzene rings is 3. The van der Waals surface area contributed by atoms with Crippen LogP contribution in [0.4, 0.5) is 0 Å². The second-order valence-corrected chi connectivity index (χ2v) is 8.30. The van der Waals surface area contributed by atoms with Crippen LogP contribution in [0, 0.1) is 0 Å². The minimum absolute atomic E-state index is 0.0269. The van der Waals surface area contributed by atoms with Crippen LogP contribution < -0.4 is 0 Å². The van der Waals surface area contributed by atoms with Gasteiger partial charge in [-0.1, -0.05) is 100 Å². The fourth-order valence-electron chi connectivity index (χ4n) is 3.51. The summed E-state index contributed by atoms with van der Waals surface area (Å²) in [4.78, 5) is 2.30. The normalized spacial score (nSPS) is 18.2. The summed E-state index contributed by atoms with van der Waals surface area (Å²) < 4.78 is 1.07. The van der Waals surface area contributed by atoms with Crippen molar-refractivity contribution in [1.29, 1.82) is 0 Å². The Morgan fingerprint density at radius 1 is 0.750 bits per heavy atom. The van der Waals surface area contributed by atoms with Crippen molar-refractivity contribution in [3.63, 3.8) is 0 Å². The van der Waals surface area contributed by atoms with E-state index in [0.29, 0.717) is 0 Å². The fourth-order valence-corrected chi connectivity index (χ4v) is 4.65. The number of rotatable bonds is 3. The predicted molar refractivity (Wildman–Crippen MR) is 121 cm³/mol. The number of amidine groups is 1. The van der Waals surface area contributed by atoms with Gasteiger partial charge < -0.3 is 4.90 Å². The van der Waals surface area contributed by atoms with Crippen LogP contribution in [0.1, 0.15) is 22.7 Å². The summed E-state index contributed by atoms with van der Waals surface area (Å²) in [6, 6.07) is 29.2. The lowest BCUT2D eigenvalue weighted by Gasteiger charge is -2.35. The van der Waals surface area contributed by atoms with Gasteiger partial charge in [0.15, 0.2) is 5.17 Å². The predicted octanol–water partition coefficient (Wildman–Crippen LogP) is 6.31. The zero-order valence-electron chi connectivity index (χ0n) is 14.9. The molecule has 2 aliphatic heterocycles. The molecule has 0 aromatic heterocycles. The van der Waals surface area contributed by atoms with Crippen molar-refractivity contribution in [2.75, 3.05) is 0 Å². The molecule has 2 aliphatic rings. The first-order valence-electron chi connectivity index (χ1n) is 8.99. The molecule has 28 heavy (non-hydrogen) atoms. The number of nitrogens with zero attached hydrogens (tertiary/aromatic N) is 3. The van der Waals surface area contributed by atoms with Crippen molar-refractivity contribution in [3.8, 4) is 0 Å². The Labute approximate surface area is 176 Å². The highest BCUT2D eigenvalue weighted by molar-refractivity contribution is 9.10. The van der Waals surface area contributed by atoms with Crippen LogP contribution in [-0.4, -0.2) is 15.8 Å². The van der Waals surface area contributed by atoms with E-state index in [0.717, 1.165) is 32.2 Å². The molecule has 0 saturated carbocycles. The quantitative estimate of drug-likeness (QED) is 0.472. The highest BCUT2D eigenvalue weighted by Gasteiger charge is 2.38. The lowest BCUT2D eigenvalue weighted by Crippen LogP contribution is -2.37. The maximum atomic E-state index is 4.64. The molecule has 1 atom stereocenters. The van der Waals surface area contributed by atoms with Crippen molar-refractivity contribution < 1.29 is 0 Å². The smallest absolute Gasteiger partial charge is 0.195 e. The number of halogens is 1. The van der Waals surface area contributed by atoms with E-state index in [1.54, 1.807) is 11.8 Å². The number of hydrogen-bond donors (Lipinski definition) is 0. The van der Waals surface area contributed by atoms with Crippen LogP contribution in [0.3, 0.4) is 0 Å². The molecule has 136 valence electrons. The maximum absolute atomic E-state index is 4.64. The Balaban J connectivity index is 1.65. The summed E-state index contributed by atoms with van der Waals surface area (Å²) in [7, 11) is 0. The third kappa shape index (κ3) is 3.11. The van der Waals surface area contributed by atoms with Gasteiger partial charge in [-0.3, -0.25) is 0 Å². The van der Waals surface area contributed by atoms with Crippen molar-refractivity contribution in [1.82, 2.24) is 4.90 Å². The molecule has 0 fully saturated rings. The molecule has 0 unspecified atom stereocenters. The van der Waals surface area contributed by atoms with Gasteiger partial charge in [-0.25, -0.2) is 0 Å². The molecule has 0 saturated heterocycles. The van der Waals surface area contributed by atoms with Crippen LogP contribution in [0.15, 0.2) is 105 Å². The molecule has 0 aliphatic carbocycles. The van der Waals surface area contributed by atoms with Crippen molar-refractivity contribution >= 4 is 44.3 Å². The second kappa shape index (κ2) is 7.41. The lowest BCUT2D eigenvalue weighted by atomic mass is 9.94. The van der Waals surface area contributed by atoms with E-state index in [9.17, 15) is 0 Å². The van der Waals surface area contributed by atoms with Crippen LogP contribution in [0.5, 0.6) is 0 Å². The molecule has 0 bridgehead atoms. The van der Waals surface area contributed by atoms with E-state index in [-0.39, 0.29) is 6.04 Å². The Morgan fingerprint density at radius 2 is 1.43 bits per heavy atom.